The van der Waals surface area contributed by atoms with E-state index >= 15 is 0 Å². The van der Waals surface area contributed by atoms with E-state index in [1.165, 1.54) is 5.56 Å². The van der Waals surface area contributed by atoms with E-state index < -0.39 is 0 Å². The Balaban J connectivity index is 3.04. The fraction of sp³-hybridized carbons (Fsp3) is 0.538. The van der Waals surface area contributed by atoms with E-state index in [0.717, 1.165) is 9.32 Å². The van der Waals surface area contributed by atoms with Gasteiger partial charge in [0, 0.05) is 7.11 Å². The van der Waals surface area contributed by atoms with Gasteiger partial charge in [-0.05, 0) is 61.9 Å². The van der Waals surface area contributed by atoms with Crippen LogP contribution in [0.15, 0.2) is 18.2 Å². The number of halogens is 1. The lowest BCUT2D eigenvalue weighted by atomic mass is 10.1. The summed E-state index contributed by atoms with van der Waals surface area (Å²) in [7, 11) is 1.72. The summed E-state index contributed by atoms with van der Waals surface area (Å²) in [5, 5.41) is 0. The average molecular weight is 334 g/mol. The summed E-state index contributed by atoms with van der Waals surface area (Å²) < 4.78 is 12.4. The van der Waals surface area contributed by atoms with Crippen LogP contribution in [0, 0.1) is 3.57 Å². The molecule has 0 radical (unpaired) electrons. The molecule has 0 spiro atoms. The predicted molar refractivity (Wildman–Crippen MR) is 75.0 cm³/mol. The van der Waals surface area contributed by atoms with Crippen molar-refractivity contribution >= 4 is 22.6 Å². The van der Waals surface area contributed by atoms with Gasteiger partial charge in [-0.1, -0.05) is 12.1 Å². The highest BCUT2D eigenvalue weighted by Crippen LogP contribution is 2.31. The van der Waals surface area contributed by atoms with Gasteiger partial charge < -0.3 is 9.47 Å². The molecule has 0 aromatic heterocycles. The van der Waals surface area contributed by atoms with Crippen LogP contribution in [0.1, 0.15) is 39.4 Å². The molecule has 0 amide bonds. The van der Waals surface area contributed by atoms with Crippen LogP contribution < -0.4 is 4.74 Å². The van der Waals surface area contributed by atoms with Crippen molar-refractivity contribution in [3.05, 3.63) is 27.3 Å². The number of hydrogen-bond donors (Lipinski definition) is 0. The number of ether oxygens (including phenoxy) is 2. The molecule has 0 bridgehead atoms. The Bertz CT molecular complexity index is 355. The van der Waals surface area contributed by atoms with Crippen LogP contribution in [0.2, 0.25) is 0 Å². The first-order valence-electron chi connectivity index (χ1n) is 5.35. The maximum absolute atomic E-state index is 5.90. The average Bonchev–Trinajstić information content (AvgIpc) is 2.18. The van der Waals surface area contributed by atoms with Gasteiger partial charge in [0.2, 0.25) is 0 Å². The second-order valence-electron chi connectivity index (χ2n) is 4.75. The predicted octanol–water partition coefficient (Wildman–Crippen LogP) is 4.18. The molecule has 1 rings (SSSR count). The summed E-state index contributed by atoms with van der Waals surface area (Å²) in [6.07, 6.45) is 0.0930. The minimum atomic E-state index is -0.172. The van der Waals surface area contributed by atoms with Crippen molar-refractivity contribution in [2.75, 3.05) is 7.11 Å². The van der Waals surface area contributed by atoms with E-state index in [0.29, 0.717) is 0 Å². The zero-order valence-electron chi connectivity index (χ0n) is 10.5. The van der Waals surface area contributed by atoms with Gasteiger partial charge >= 0.3 is 0 Å². The van der Waals surface area contributed by atoms with Crippen LogP contribution in [-0.4, -0.2) is 12.7 Å². The summed E-state index contributed by atoms with van der Waals surface area (Å²) in [4.78, 5) is 0. The molecule has 3 heteroatoms. The fourth-order valence-corrected chi connectivity index (χ4v) is 2.29. The molecule has 0 unspecified atom stereocenters. The van der Waals surface area contributed by atoms with Gasteiger partial charge in [-0.3, -0.25) is 0 Å². The highest BCUT2D eigenvalue weighted by atomic mass is 127. The van der Waals surface area contributed by atoms with Gasteiger partial charge in [-0.25, -0.2) is 0 Å². The standard InChI is InChI=1S/C13H19IO2/c1-9(15-5)10-7-6-8-11(12(10)14)16-13(2,3)4/h6-9H,1-5H3/t9-/m0/s1. The van der Waals surface area contributed by atoms with Crippen LogP contribution in [0.25, 0.3) is 0 Å². The third kappa shape index (κ3) is 3.63. The van der Waals surface area contributed by atoms with Crippen LogP contribution in [0.5, 0.6) is 5.75 Å². The first-order valence-corrected chi connectivity index (χ1v) is 6.43. The Kier molecular flexibility index (Phi) is 4.62. The minimum absolute atomic E-state index is 0.0930. The number of methoxy groups -OCH3 is 1. The molecule has 0 aliphatic rings. The van der Waals surface area contributed by atoms with Crippen molar-refractivity contribution in [1.29, 1.82) is 0 Å². The largest absolute Gasteiger partial charge is 0.487 e. The second-order valence-corrected chi connectivity index (χ2v) is 5.83. The molecule has 0 saturated heterocycles. The molecule has 0 N–H and O–H groups in total. The summed E-state index contributed by atoms with van der Waals surface area (Å²) in [5.74, 6) is 0.925. The lowest BCUT2D eigenvalue weighted by molar-refractivity contribution is 0.114. The van der Waals surface area contributed by atoms with Crippen molar-refractivity contribution in [1.82, 2.24) is 0 Å². The van der Waals surface area contributed by atoms with Crippen LogP contribution in [0.3, 0.4) is 0 Å². The molecule has 0 fully saturated rings. The molecule has 0 saturated carbocycles. The van der Waals surface area contributed by atoms with E-state index in [4.69, 9.17) is 9.47 Å². The second kappa shape index (κ2) is 5.36. The number of hydrogen-bond acceptors (Lipinski definition) is 2. The molecule has 16 heavy (non-hydrogen) atoms. The van der Waals surface area contributed by atoms with Crippen LogP contribution >= 0.6 is 22.6 Å². The van der Waals surface area contributed by atoms with Crippen molar-refractivity contribution in [2.45, 2.75) is 39.4 Å². The topological polar surface area (TPSA) is 18.5 Å². The monoisotopic (exact) mass is 334 g/mol. The molecule has 0 aliphatic carbocycles. The normalized spacial score (nSPS) is 13.6. The van der Waals surface area contributed by atoms with E-state index in [2.05, 4.69) is 49.4 Å². The molecular formula is C13H19IO2. The third-order valence-electron chi connectivity index (χ3n) is 2.20. The summed E-state index contributed by atoms with van der Waals surface area (Å²) in [5.41, 5.74) is 0.999. The highest BCUT2D eigenvalue weighted by molar-refractivity contribution is 14.1. The molecule has 0 heterocycles. The van der Waals surface area contributed by atoms with Gasteiger partial charge in [-0.15, -0.1) is 0 Å². The first-order chi connectivity index (χ1) is 7.35. The molecule has 1 aromatic rings. The van der Waals surface area contributed by atoms with Gasteiger partial charge in [0.1, 0.15) is 11.4 Å². The third-order valence-corrected chi connectivity index (χ3v) is 3.36. The number of benzene rings is 1. The Morgan fingerprint density at radius 3 is 2.38 bits per heavy atom. The van der Waals surface area contributed by atoms with Crippen molar-refractivity contribution < 1.29 is 9.47 Å². The minimum Gasteiger partial charge on any atom is -0.487 e. The van der Waals surface area contributed by atoms with E-state index in [-0.39, 0.29) is 11.7 Å². The lowest BCUT2D eigenvalue weighted by Gasteiger charge is -2.23. The zero-order valence-corrected chi connectivity index (χ0v) is 12.7. The highest BCUT2D eigenvalue weighted by Gasteiger charge is 2.17. The van der Waals surface area contributed by atoms with Gasteiger partial charge in [0.25, 0.3) is 0 Å². The van der Waals surface area contributed by atoms with Crippen molar-refractivity contribution in [2.24, 2.45) is 0 Å². The SMILES string of the molecule is CO[C@@H](C)c1cccc(OC(C)(C)C)c1I. The zero-order chi connectivity index (χ0) is 12.3. The number of rotatable bonds is 3. The van der Waals surface area contributed by atoms with Crippen LogP contribution in [0.4, 0.5) is 0 Å². The molecule has 0 aliphatic heterocycles. The van der Waals surface area contributed by atoms with Gasteiger partial charge in [0.15, 0.2) is 0 Å². The van der Waals surface area contributed by atoms with Crippen molar-refractivity contribution in [3.63, 3.8) is 0 Å². The Labute approximate surface area is 111 Å². The summed E-state index contributed by atoms with van der Waals surface area (Å²) >= 11 is 2.31. The lowest BCUT2D eigenvalue weighted by Crippen LogP contribution is -2.23. The maximum atomic E-state index is 5.90. The Morgan fingerprint density at radius 1 is 1.25 bits per heavy atom. The van der Waals surface area contributed by atoms with E-state index in [1.807, 2.05) is 19.1 Å². The molecule has 90 valence electrons. The fourth-order valence-electron chi connectivity index (χ4n) is 1.38. The maximum Gasteiger partial charge on any atom is 0.133 e. The molecule has 2 nitrogen and oxygen atoms in total. The van der Waals surface area contributed by atoms with E-state index in [9.17, 15) is 0 Å². The molecule has 1 atom stereocenters. The smallest absolute Gasteiger partial charge is 0.133 e. The van der Waals surface area contributed by atoms with Gasteiger partial charge in [-0.2, -0.15) is 0 Å². The van der Waals surface area contributed by atoms with Crippen molar-refractivity contribution in [3.8, 4) is 5.75 Å². The first kappa shape index (κ1) is 13.8. The van der Waals surface area contributed by atoms with Gasteiger partial charge in [0.05, 0.1) is 9.67 Å². The molecule has 1 aromatic carbocycles. The van der Waals surface area contributed by atoms with E-state index in [1.54, 1.807) is 7.11 Å². The van der Waals surface area contributed by atoms with Crippen LogP contribution in [-0.2, 0) is 4.74 Å². The quantitative estimate of drug-likeness (QED) is 0.772. The molecular weight excluding hydrogens is 315 g/mol. The summed E-state index contributed by atoms with van der Waals surface area (Å²) in [6, 6.07) is 6.08. The Morgan fingerprint density at radius 2 is 1.88 bits per heavy atom. The summed E-state index contributed by atoms with van der Waals surface area (Å²) in [6.45, 7) is 8.19. The Hall–Kier alpha value is -0.290.